The van der Waals surface area contributed by atoms with Crippen molar-refractivity contribution in [3.8, 4) is 22.6 Å². The van der Waals surface area contributed by atoms with Gasteiger partial charge in [0.2, 0.25) is 0 Å². The van der Waals surface area contributed by atoms with E-state index in [9.17, 15) is 19.1 Å². The Morgan fingerprint density at radius 2 is 1.65 bits per heavy atom. The Hall–Kier alpha value is -4.28. The molecule has 0 saturated carbocycles. The van der Waals surface area contributed by atoms with Gasteiger partial charge in [-0.2, -0.15) is 0 Å². The molecule has 49 heavy (non-hydrogen) atoms. The second kappa shape index (κ2) is 13.9. The van der Waals surface area contributed by atoms with Crippen LogP contribution in [0.15, 0.2) is 85.2 Å². The average molecular weight is 852 g/mol. The number of nitrogens with one attached hydrogen (secondary N) is 1. The van der Waals surface area contributed by atoms with Crippen molar-refractivity contribution < 1.29 is 19.1 Å². The molecule has 11 nitrogen and oxygen atoms in total. The quantitative estimate of drug-likeness (QED) is 0.228. The predicted molar refractivity (Wildman–Crippen MR) is 186 cm³/mol. The van der Waals surface area contributed by atoms with Gasteiger partial charge in [-0.3, -0.25) is 4.79 Å². The van der Waals surface area contributed by atoms with Crippen molar-refractivity contribution in [2.75, 3.05) is 56.0 Å². The fourth-order valence-electron chi connectivity index (χ4n) is 6.84. The molecular weight excluding hydrogens is 816 g/mol. The molecule has 2 amide bonds. The van der Waals surface area contributed by atoms with Crippen LogP contribution in [-0.2, 0) is 9.59 Å². The number of aliphatic hydroxyl groups excluding tert-OH is 1. The molecule has 2 N–H and O–H groups in total. The van der Waals surface area contributed by atoms with Crippen LogP contribution in [0.2, 0.25) is 0 Å². The number of rotatable bonds is 8. The number of likely N-dealkylation sites (tertiary alicyclic amines) is 1. The second-order valence-corrected chi connectivity index (χ2v) is 14.7. The summed E-state index contributed by atoms with van der Waals surface area (Å²) in [6, 6.07) is 21.8. The van der Waals surface area contributed by atoms with E-state index in [1.54, 1.807) is 37.5 Å². The number of halogens is 1. The molecule has 13 heteroatoms. The molecule has 2 aromatic heterocycles. The molecule has 248 valence electrons. The number of anilines is 2. The zero-order valence-electron chi connectivity index (χ0n) is 27.2. The van der Waals surface area contributed by atoms with E-state index in [-0.39, 0.29) is 30.7 Å². The number of aliphatic hydroxyl groups is 1. The first-order valence-electron chi connectivity index (χ1n) is 16.4. The molecule has 0 aliphatic carbocycles. The number of nitrogens with zero attached hydrogens (tertiary/aromatic N) is 7. The summed E-state index contributed by atoms with van der Waals surface area (Å²) in [6.45, 7) is 5.31. The Morgan fingerprint density at radius 3 is 2.35 bits per heavy atom. The van der Waals surface area contributed by atoms with Crippen LogP contribution in [0.4, 0.5) is 15.8 Å². The van der Waals surface area contributed by atoms with E-state index in [0.717, 1.165) is 46.5 Å². The van der Waals surface area contributed by atoms with Gasteiger partial charge in [-0.15, -0.1) is 0 Å². The van der Waals surface area contributed by atoms with E-state index in [4.69, 9.17) is 5.10 Å². The Balaban J connectivity index is 0.968. The van der Waals surface area contributed by atoms with E-state index in [0.29, 0.717) is 63.6 Å². The van der Waals surface area contributed by atoms with E-state index < -0.39 is 11.5 Å². The van der Waals surface area contributed by atoms with Gasteiger partial charge in [0.1, 0.15) is 0 Å². The Labute approximate surface area is 299 Å². The van der Waals surface area contributed by atoms with Gasteiger partial charge in [-0.25, -0.2) is 9.97 Å². The topological polar surface area (TPSA) is 120 Å². The van der Waals surface area contributed by atoms with Crippen LogP contribution in [-0.4, -0.2) is 122 Å². The maximum absolute atomic E-state index is 13.9. The summed E-state index contributed by atoms with van der Waals surface area (Å²) in [5, 5.41) is 19.5. The van der Waals surface area contributed by atoms with E-state index in [1.807, 2.05) is 42.6 Å². The van der Waals surface area contributed by atoms with Crippen LogP contribution < -0.4 is 10.2 Å². The summed E-state index contributed by atoms with van der Waals surface area (Å²) < 4.78 is 15.5. The molecule has 5 aromatic rings. The fourth-order valence-corrected chi connectivity index (χ4v) is 8.16. The molecule has 7 rings (SSSR count). The number of fused-ring (bicyclic) bond motifs is 1. The first-order chi connectivity index (χ1) is 23.7. The van der Waals surface area contributed by atoms with Crippen LogP contribution in [0.5, 0.6) is 0 Å². The third kappa shape index (κ3) is 6.81. The van der Waals surface area contributed by atoms with Gasteiger partial charge in [-0.05, 0) is 30.3 Å². The van der Waals surface area contributed by atoms with Gasteiger partial charge in [0, 0.05) is 49.8 Å². The molecule has 2 atom stereocenters. The summed E-state index contributed by atoms with van der Waals surface area (Å²) in [6.07, 6.45) is 2.98. The standard InChI is InChI=1S/C36H37FN8O3.Tl/c1-24(46)36(35(48)40-28-9-12-31-30(21-28)33(42-41-31)25-3-7-27(37)8-4-25)13-16-43(23-36)22-32(47)45-19-17-44(18-20-45)29-10-5-26(6-11-29)34-38-14-2-15-39-34;/h2-12,14-15,21,24,46H,13,16-20,22-23H2,1H3,(H2,40,41,42,48);/q;+1/p-1. The van der Waals surface area contributed by atoms with Gasteiger partial charge in [-0.1, -0.05) is 0 Å². The predicted octanol–water partition coefficient (Wildman–Crippen LogP) is 3.59. The molecule has 2 fully saturated rings. The van der Waals surface area contributed by atoms with E-state index in [2.05, 4.69) is 32.3 Å². The summed E-state index contributed by atoms with van der Waals surface area (Å²) in [5.74, 6) is 0.119. The second-order valence-electron chi connectivity index (χ2n) is 12.8. The number of amides is 2. The van der Waals surface area contributed by atoms with Crippen molar-refractivity contribution in [1.82, 2.24) is 27.4 Å². The number of piperazine rings is 1. The fraction of sp³-hybridized carbons (Fsp3) is 0.306. The molecule has 0 spiro atoms. The van der Waals surface area contributed by atoms with Crippen LogP contribution in [0.3, 0.4) is 0 Å². The van der Waals surface area contributed by atoms with Gasteiger partial charge < -0.3 is 9.80 Å². The van der Waals surface area contributed by atoms with Crippen molar-refractivity contribution in [1.29, 1.82) is 0 Å². The first kappa shape index (κ1) is 33.2. The SMILES string of the molecule is CC(O)C1(C(=O)Nc2ccc3c(c2)c(-c2ccc(F)cc2)n[n]3[Tl])CCN(CC(=O)N2CCN(c3ccc(-c4ncccn4)cc3)CC2)C1. The van der Waals surface area contributed by atoms with Gasteiger partial charge >= 0.3 is 191 Å². The van der Waals surface area contributed by atoms with Crippen LogP contribution in [0.25, 0.3) is 33.5 Å². The monoisotopic (exact) mass is 852 g/mol. The average Bonchev–Trinajstić information content (AvgIpc) is 3.71. The van der Waals surface area contributed by atoms with E-state index in [1.165, 1.54) is 12.1 Å². The summed E-state index contributed by atoms with van der Waals surface area (Å²) in [7, 11) is 0. The Morgan fingerprint density at radius 1 is 0.959 bits per heavy atom. The molecule has 2 saturated heterocycles. The van der Waals surface area contributed by atoms with Crippen molar-refractivity contribution >= 4 is 60.2 Å². The summed E-state index contributed by atoms with van der Waals surface area (Å²) >= 11 is 0.421. The van der Waals surface area contributed by atoms with Crippen molar-refractivity contribution in [3.63, 3.8) is 0 Å². The van der Waals surface area contributed by atoms with Crippen LogP contribution in [0, 0.1) is 11.2 Å². The summed E-state index contributed by atoms with van der Waals surface area (Å²) in [4.78, 5) is 42.0. The molecule has 0 bridgehead atoms. The molecule has 2 unspecified atom stereocenters. The van der Waals surface area contributed by atoms with Crippen molar-refractivity contribution in [2.45, 2.75) is 19.4 Å². The molecule has 4 heterocycles. The number of carbonyl (C=O) groups excluding carboxylic acids is 2. The van der Waals surface area contributed by atoms with Crippen LogP contribution >= 0.6 is 0 Å². The number of hydrogen-bond acceptors (Lipinski definition) is 8. The zero-order valence-corrected chi connectivity index (χ0v) is 31.7. The molecule has 2 aliphatic heterocycles. The third-order valence-corrected chi connectivity index (χ3v) is 11.3. The molecule has 3 aromatic carbocycles. The van der Waals surface area contributed by atoms with Crippen LogP contribution in [0.1, 0.15) is 13.3 Å². The first-order valence-corrected chi connectivity index (χ1v) is 18.4. The number of benzene rings is 3. The molecular formula is C36H36FN8O3Tl. The van der Waals surface area contributed by atoms with Gasteiger partial charge in [0.25, 0.3) is 0 Å². The van der Waals surface area contributed by atoms with Gasteiger partial charge in [0.15, 0.2) is 5.82 Å². The Bertz CT molecular complexity index is 1960. The molecule has 0 radical (unpaired) electrons. The molecule has 2 aliphatic rings. The van der Waals surface area contributed by atoms with Crippen molar-refractivity contribution in [2.24, 2.45) is 5.41 Å². The minimum atomic E-state index is -1.06. The number of hydrogen-bond donors (Lipinski definition) is 2. The summed E-state index contributed by atoms with van der Waals surface area (Å²) in [5.41, 5.74) is 4.04. The van der Waals surface area contributed by atoms with Crippen molar-refractivity contribution in [3.05, 3.63) is 91.0 Å². The normalized spacial score (nSPS) is 18.9. The number of aromatic nitrogens is 4. The number of carbonyl (C=O) groups is 2. The Kier molecular flexibility index (Phi) is 9.44. The minimum absolute atomic E-state index is 0.0256. The zero-order chi connectivity index (χ0) is 34.1. The van der Waals surface area contributed by atoms with Gasteiger partial charge in [0.05, 0.1) is 0 Å². The third-order valence-electron chi connectivity index (χ3n) is 9.76. The van der Waals surface area contributed by atoms with E-state index >= 15 is 0 Å². The maximum atomic E-state index is 13.9.